The lowest BCUT2D eigenvalue weighted by molar-refractivity contribution is -0.148. The fourth-order valence-electron chi connectivity index (χ4n) is 3.42. The van der Waals surface area contributed by atoms with Gasteiger partial charge in [0.1, 0.15) is 5.54 Å². The number of carbonyl (C=O) groups is 1. The summed E-state index contributed by atoms with van der Waals surface area (Å²) in [4.78, 5) is 14.6. The summed E-state index contributed by atoms with van der Waals surface area (Å²) < 4.78 is 4.99. The number of hydrogen-bond donors (Lipinski definition) is 1. The number of rotatable bonds is 7. The van der Waals surface area contributed by atoms with Crippen LogP contribution < -0.4 is 5.32 Å². The Morgan fingerprint density at radius 1 is 1.38 bits per heavy atom. The number of esters is 1. The van der Waals surface area contributed by atoms with Gasteiger partial charge in [0, 0.05) is 6.04 Å². The van der Waals surface area contributed by atoms with Crippen molar-refractivity contribution in [2.45, 2.75) is 71.9 Å². The molecule has 0 saturated carbocycles. The van der Waals surface area contributed by atoms with Crippen LogP contribution in [0.3, 0.4) is 0 Å². The standard InChI is InChI=1S/C17H34N2O2/c1-7-16(4)9-11-19(12-10-16)14(3)13-17(5,18-8-2)15(20)21-6/h14,18H,7-13H2,1-6H3. The Balaban J connectivity index is 2.63. The third-order valence-electron chi connectivity index (χ3n) is 5.39. The van der Waals surface area contributed by atoms with E-state index in [-0.39, 0.29) is 5.97 Å². The average molecular weight is 298 g/mol. The Morgan fingerprint density at radius 3 is 2.38 bits per heavy atom. The molecule has 4 heteroatoms. The van der Waals surface area contributed by atoms with E-state index in [2.05, 4.69) is 31.0 Å². The Bertz CT molecular complexity index is 338. The van der Waals surface area contributed by atoms with Gasteiger partial charge in [0.25, 0.3) is 0 Å². The predicted molar refractivity (Wildman–Crippen MR) is 87.4 cm³/mol. The maximum atomic E-state index is 12.1. The van der Waals surface area contributed by atoms with Crippen LogP contribution in [-0.2, 0) is 9.53 Å². The van der Waals surface area contributed by atoms with Gasteiger partial charge in [-0.3, -0.25) is 4.79 Å². The van der Waals surface area contributed by atoms with E-state index in [1.807, 2.05) is 13.8 Å². The molecule has 21 heavy (non-hydrogen) atoms. The Hall–Kier alpha value is -0.610. The lowest BCUT2D eigenvalue weighted by Crippen LogP contribution is -2.55. The van der Waals surface area contributed by atoms with Crippen LogP contribution in [0.4, 0.5) is 0 Å². The number of nitrogens with one attached hydrogen (secondary N) is 1. The second-order valence-corrected chi connectivity index (χ2v) is 7.11. The van der Waals surface area contributed by atoms with Gasteiger partial charge in [0.2, 0.25) is 0 Å². The third kappa shape index (κ3) is 4.68. The molecule has 0 bridgehead atoms. The minimum atomic E-state index is -0.589. The fraction of sp³-hybridized carbons (Fsp3) is 0.941. The van der Waals surface area contributed by atoms with E-state index in [0.717, 1.165) is 26.1 Å². The summed E-state index contributed by atoms with van der Waals surface area (Å²) in [6.45, 7) is 13.9. The lowest BCUT2D eigenvalue weighted by Gasteiger charge is -2.43. The lowest BCUT2D eigenvalue weighted by atomic mass is 9.77. The summed E-state index contributed by atoms with van der Waals surface area (Å²) in [6, 6.07) is 0.384. The van der Waals surface area contributed by atoms with Gasteiger partial charge in [-0.25, -0.2) is 0 Å². The number of likely N-dealkylation sites (N-methyl/N-ethyl adjacent to an activating group) is 1. The molecule has 0 aliphatic carbocycles. The van der Waals surface area contributed by atoms with E-state index in [1.54, 1.807) is 0 Å². The minimum absolute atomic E-state index is 0.161. The number of piperidine rings is 1. The van der Waals surface area contributed by atoms with Gasteiger partial charge in [0.05, 0.1) is 7.11 Å². The van der Waals surface area contributed by atoms with E-state index in [9.17, 15) is 4.79 Å². The van der Waals surface area contributed by atoms with E-state index in [4.69, 9.17) is 4.74 Å². The molecule has 1 aliphatic heterocycles. The average Bonchev–Trinajstić information content (AvgIpc) is 2.47. The van der Waals surface area contributed by atoms with Crippen molar-refractivity contribution in [1.82, 2.24) is 10.2 Å². The van der Waals surface area contributed by atoms with Gasteiger partial charge in [-0.05, 0) is 58.2 Å². The van der Waals surface area contributed by atoms with E-state index in [0.29, 0.717) is 11.5 Å². The van der Waals surface area contributed by atoms with Gasteiger partial charge in [-0.15, -0.1) is 0 Å². The van der Waals surface area contributed by atoms with Gasteiger partial charge < -0.3 is 15.0 Å². The molecule has 1 fully saturated rings. The molecule has 1 aliphatic rings. The number of nitrogens with zero attached hydrogens (tertiary/aromatic N) is 1. The summed E-state index contributed by atoms with van der Waals surface area (Å²) in [7, 11) is 1.47. The van der Waals surface area contributed by atoms with Crippen molar-refractivity contribution in [1.29, 1.82) is 0 Å². The Kier molecular flexibility index (Phi) is 6.67. The second kappa shape index (κ2) is 7.59. The first-order valence-electron chi connectivity index (χ1n) is 8.37. The smallest absolute Gasteiger partial charge is 0.325 e. The largest absolute Gasteiger partial charge is 0.468 e. The van der Waals surface area contributed by atoms with Crippen LogP contribution >= 0.6 is 0 Å². The molecule has 124 valence electrons. The number of carbonyl (C=O) groups excluding carboxylic acids is 1. The predicted octanol–water partition coefficient (Wildman–Crippen LogP) is 2.82. The van der Waals surface area contributed by atoms with E-state index < -0.39 is 5.54 Å². The minimum Gasteiger partial charge on any atom is -0.468 e. The van der Waals surface area contributed by atoms with Crippen molar-refractivity contribution in [3.8, 4) is 0 Å². The molecule has 0 aromatic carbocycles. The zero-order chi connectivity index (χ0) is 16.1. The Morgan fingerprint density at radius 2 is 1.95 bits per heavy atom. The zero-order valence-electron chi connectivity index (χ0n) is 14.8. The highest BCUT2D eigenvalue weighted by molar-refractivity contribution is 5.80. The van der Waals surface area contributed by atoms with E-state index >= 15 is 0 Å². The second-order valence-electron chi connectivity index (χ2n) is 7.11. The molecule has 2 atom stereocenters. The molecular formula is C17H34N2O2. The number of likely N-dealkylation sites (tertiary alicyclic amines) is 1. The molecule has 2 unspecified atom stereocenters. The first-order valence-corrected chi connectivity index (χ1v) is 8.37. The van der Waals surface area contributed by atoms with Crippen molar-refractivity contribution >= 4 is 5.97 Å². The van der Waals surface area contributed by atoms with Crippen LogP contribution in [0.25, 0.3) is 0 Å². The quantitative estimate of drug-likeness (QED) is 0.734. The molecule has 1 N–H and O–H groups in total. The zero-order valence-corrected chi connectivity index (χ0v) is 14.8. The van der Waals surface area contributed by atoms with Crippen molar-refractivity contribution in [3.63, 3.8) is 0 Å². The molecular weight excluding hydrogens is 264 g/mol. The maximum Gasteiger partial charge on any atom is 0.325 e. The number of ether oxygens (including phenoxy) is 1. The summed E-state index contributed by atoms with van der Waals surface area (Å²) in [5.74, 6) is -0.161. The first kappa shape index (κ1) is 18.4. The molecule has 1 saturated heterocycles. The van der Waals surface area contributed by atoms with Gasteiger partial charge in [0.15, 0.2) is 0 Å². The van der Waals surface area contributed by atoms with Crippen molar-refractivity contribution in [3.05, 3.63) is 0 Å². The van der Waals surface area contributed by atoms with Crippen LogP contribution in [0, 0.1) is 5.41 Å². The van der Waals surface area contributed by atoms with Crippen molar-refractivity contribution in [2.75, 3.05) is 26.7 Å². The van der Waals surface area contributed by atoms with Crippen LogP contribution in [0.1, 0.15) is 60.3 Å². The first-order chi connectivity index (χ1) is 9.80. The number of hydrogen-bond acceptors (Lipinski definition) is 4. The summed E-state index contributed by atoms with van der Waals surface area (Å²) >= 11 is 0. The SMILES string of the molecule is CCNC(C)(CC(C)N1CCC(C)(CC)CC1)C(=O)OC. The molecule has 1 rings (SSSR count). The molecule has 0 aromatic heterocycles. The molecule has 4 nitrogen and oxygen atoms in total. The van der Waals surface area contributed by atoms with Crippen LogP contribution in [-0.4, -0.2) is 49.2 Å². The van der Waals surface area contributed by atoms with Gasteiger partial charge in [-0.1, -0.05) is 27.2 Å². The Labute approximate surface area is 130 Å². The molecule has 1 heterocycles. The number of methoxy groups -OCH3 is 1. The molecule has 0 spiro atoms. The molecule has 0 amide bonds. The maximum absolute atomic E-state index is 12.1. The van der Waals surface area contributed by atoms with Crippen LogP contribution in [0.15, 0.2) is 0 Å². The van der Waals surface area contributed by atoms with Crippen LogP contribution in [0.5, 0.6) is 0 Å². The summed E-state index contributed by atoms with van der Waals surface area (Å²) in [5, 5.41) is 3.31. The summed E-state index contributed by atoms with van der Waals surface area (Å²) in [6.07, 6.45) is 4.55. The topological polar surface area (TPSA) is 41.6 Å². The van der Waals surface area contributed by atoms with Gasteiger partial charge >= 0.3 is 5.97 Å². The highest BCUT2D eigenvalue weighted by atomic mass is 16.5. The highest BCUT2D eigenvalue weighted by Gasteiger charge is 2.38. The van der Waals surface area contributed by atoms with Crippen molar-refractivity contribution < 1.29 is 9.53 Å². The molecule has 0 radical (unpaired) electrons. The van der Waals surface area contributed by atoms with Gasteiger partial charge in [-0.2, -0.15) is 0 Å². The highest BCUT2D eigenvalue weighted by Crippen LogP contribution is 2.35. The van der Waals surface area contributed by atoms with E-state index in [1.165, 1.54) is 26.4 Å². The third-order valence-corrected chi connectivity index (χ3v) is 5.39. The summed E-state index contributed by atoms with van der Waals surface area (Å²) in [5.41, 5.74) is -0.0854. The van der Waals surface area contributed by atoms with Crippen molar-refractivity contribution in [2.24, 2.45) is 5.41 Å². The monoisotopic (exact) mass is 298 g/mol. The normalized spacial score (nSPS) is 23.3. The van der Waals surface area contributed by atoms with Crippen LogP contribution in [0.2, 0.25) is 0 Å². The molecule has 0 aromatic rings. The fourth-order valence-corrected chi connectivity index (χ4v) is 3.42.